The zero-order chi connectivity index (χ0) is 10.6. The lowest BCUT2D eigenvalue weighted by Crippen LogP contribution is -1.97. The number of ether oxygens (including phenoxy) is 2. The molecule has 0 amide bonds. The third-order valence-corrected chi connectivity index (χ3v) is 2.14. The lowest BCUT2D eigenvalue weighted by molar-refractivity contribution is -0.108. The molecule has 0 unspecified atom stereocenters. The van der Waals surface area contributed by atoms with Gasteiger partial charge in [-0.15, -0.1) is 0 Å². The average molecular weight is 194 g/mol. The van der Waals surface area contributed by atoms with Crippen LogP contribution >= 0.6 is 0 Å². The Kier molecular flexibility index (Phi) is 3.51. The van der Waals surface area contributed by atoms with Crippen molar-refractivity contribution in [2.24, 2.45) is 0 Å². The smallest absolute Gasteiger partial charge is 0.161 e. The number of hydrogen-bond donors (Lipinski definition) is 0. The molecule has 0 aliphatic rings. The molecular formula is C11H14O3. The highest BCUT2D eigenvalue weighted by atomic mass is 16.5. The van der Waals surface area contributed by atoms with Crippen molar-refractivity contribution in [2.75, 3.05) is 14.2 Å². The Balaban J connectivity index is 3.06. The second-order valence-electron chi connectivity index (χ2n) is 3.04. The molecule has 0 saturated carbocycles. The van der Waals surface area contributed by atoms with Crippen LogP contribution in [0.15, 0.2) is 18.2 Å². The van der Waals surface area contributed by atoms with Gasteiger partial charge in [-0.2, -0.15) is 0 Å². The Labute approximate surface area is 83.6 Å². The van der Waals surface area contributed by atoms with E-state index < -0.39 is 0 Å². The second kappa shape index (κ2) is 4.65. The number of carbonyl (C=O) groups excluding carboxylic acids is 1. The van der Waals surface area contributed by atoms with E-state index >= 15 is 0 Å². The quantitative estimate of drug-likeness (QED) is 0.688. The lowest BCUT2D eigenvalue weighted by atomic mass is 10.0. The Hall–Kier alpha value is -1.51. The highest BCUT2D eigenvalue weighted by Gasteiger charge is 2.08. The van der Waals surface area contributed by atoms with E-state index in [1.807, 2.05) is 19.1 Å². The van der Waals surface area contributed by atoms with Crippen molar-refractivity contribution in [3.05, 3.63) is 23.8 Å². The van der Waals surface area contributed by atoms with E-state index in [9.17, 15) is 4.79 Å². The molecule has 1 rings (SSSR count). The van der Waals surface area contributed by atoms with Crippen molar-refractivity contribution in [3.8, 4) is 11.5 Å². The minimum atomic E-state index is -0.116. The van der Waals surface area contributed by atoms with E-state index in [1.165, 1.54) is 0 Å². The maximum Gasteiger partial charge on any atom is 0.161 e. The fourth-order valence-corrected chi connectivity index (χ4v) is 1.21. The Morgan fingerprint density at radius 2 is 1.86 bits per heavy atom. The molecular weight excluding hydrogens is 180 g/mol. The van der Waals surface area contributed by atoms with Gasteiger partial charge in [-0.1, -0.05) is 13.0 Å². The zero-order valence-corrected chi connectivity index (χ0v) is 8.61. The molecule has 0 saturated heterocycles. The van der Waals surface area contributed by atoms with Gasteiger partial charge in [0.15, 0.2) is 11.5 Å². The maximum atomic E-state index is 10.6. The third-order valence-electron chi connectivity index (χ3n) is 2.14. The summed E-state index contributed by atoms with van der Waals surface area (Å²) >= 11 is 0. The maximum absolute atomic E-state index is 10.6. The van der Waals surface area contributed by atoms with E-state index in [-0.39, 0.29) is 5.92 Å². The molecule has 0 fully saturated rings. The Morgan fingerprint density at radius 1 is 1.21 bits per heavy atom. The SMILES string of the molecule is COc1ccc([C@H](C)C=O)cc1OC. The van der Waals surface area contributed by atoms with Gasteiger partial charge >= 0.3 is 0 Å². The Morgan fingerprint density at radius 3 is 2.36 bits per heavy atom. The average Bonchev–Trinajstić information content (AvgIpc) is 2.26. The van der Waals surface area contributed by atoms with Crippen LogP contribution in [0.25, 0.3) is 0 Å². The van der Waals surface area contributed by atoms with Crippen LogP contribution < -0.4 is 9.47 Å². The summed E-state index contributed by atoms with van der Waals surface area (Å²) < 4.78 is 10.2. The fraction of sp³-hybridized carbons (Fsp3) is 0.364. The predicted octanol–water partition coefficient (Wildman–Crippen LogP) is 2.01. The molecule has 0 aliphatic carbocycles. The fourth-order valence-electron chi connectivity index (χ4n) is 1.21. The number of rotatable bonds is 4. The first kappa shape index (κ1) is 10.6. The van der Waals surface area contributed by atoms with E-state index in [4.69, 9.17) is 9.47 Å². The predicted molar refractivity (Wildman–Crippen MR) is 54.0 cm³/mol. The number of benzene rings is 1. The van der Waals surface area contributed by atoms with E-state index in [2.05, 4.69) is 0 Å². The Bertz CT molecular complexity index is 320. The van der Waals surface area contributed by atoms with Crippen molar-refractivity contribution in [2.45, 2.75) is 12.8 Å². The molecule has 0 heterocycles. The molecule has 3 nitrogen and oxygen atoms in total. The van der Waals surface area contributed by atoms with Gasteiger partial charge < -0.3 is 14.3 Å². The van der Waals surface area contributed by atoms with Crippen LogP contribution in [-0.4, -0.2) is 20.5 Å². The summed E-state index contributed by atoms with van der Waals surface area (Å²) in [7, 11) is 3.16. The van der Waals surface area contributed by atoms with Gasteiger partial charge in [0, 0.05) is 5.92 Å². The highest BCUT2D eigenvalue weighted by Crippen LogP contribution is 2.29. The normalized spacial score (nSPS) is 11.9. The summed E-state index contributed by atoms with van der Waals surface area (Å²) in [6, 6.07) is 5.48. The topological polar surface area (TPSA) is 35.5 Å². The molecule has 0 aromatic heterocycles. The summed E-state index contributed by atoms with van der Waals surface area (Å²) in [6.07, 6.45) is 0.904. The van der Waals surface area contributed by atoms with Gasteiger partial charge in [-0.05, 0) is 17.7 Å². The summed E-state index contributed by atoms with van der Waals surface area (Å²) in [5, 5.41) is 0. The van der Waals surface area contributed by atoms with Crippen molar-refractivity contribution in [3.63, 3.8) is 0 Å². The zero-order valence-electron chi connectivity index (χ0n) is 8.61. The van der Waals surface area contributed by atoms with E-state index in [1.54, 1.807) is 20.3 Å². The van der Waals surface area contributed by atoms with E-state index in [0.717, 1.165) is 11.8 Å². The molecule has 1 aromatic carbocycles. The standard InChI is InChI=1S/C11H14O3/c1-8(7-12)9-4-5-10(13-2)11(6-9)14-3/h4-8H,1-3H3/t8-/m1/s1. The lowest BCUT2D eigenvalue weighted by Gasteiger charge is -2.10. The first-order valence-electron chi connectivity index (χ1n) is 4.40. The van der Waals surface area contributed by atoms with Crippen LogP contribution in [0.2, 0.25) is 0 Å². The van der Waals surface area contributed by atoms with Gasteiger partial charge in [0.25, 0.3) is 0 Å². The monoisotopic (exact) mass is 194 g/mol. The molecule has 14 heavy (non-hydrogen) atoms. The first-order valence-corrected chi connectivity index (χ1v) is 4.40. The van der Waals surface area contributed by atoms with Gasteiger partial charge in [0.2, 0.25) is 0 Å². The largest absolute Gasteiger partial charge is 0.493 e. The molecule has 1 atom stereocenters. The summed E-state index contributed by atoms with van der Waals surface area (Å²) in [4.78, 5) is 10.6. The molecule has 0 bridgehead atoms. The first-order chi connectivity index (χ1) is 6.72. The molecule has 3 heteroatoms. The molecule has 0 radical (unpaired) electrons. The second-order valence-corrected chi connectivity index (χ2v) is 3.04. The van der Waals surface area contributed by atoms with Crippen LogP contribution in [-0.2, 0) is 4.79 Å². The van der Waals surface area contributed by atoms with Crippen molar-refractivity contribution < 1.29 is 14.3 Å². The molecule has 0 aliphatic heterocycles. The summed E-state index contributed by atoms with van der Waals surface area (Å²) in [6.45, 7) is 1.84. The van der Waals surface area contributed by atoms with Crippen LogP contribution in [0, 0.1) is 0 Å². The van der Waals surface area contributed by atoms with Crippen molar-refractivity contribution >= 4 is 6.29 Å². The minimum absolute atomic E-state index is 0.116. The van der Waals surface area contributed by atoms with Crippen molar-refractivity contribution in [1.82, 2.24) is 0 Å². The van der Waals surface area contributed by atoms with Crippen LogP contribution in [0.1, 0.15) is 18.4 Å². The van der Waals surface area contributed by atoms with Crippen LogP contribution in [0.5, 0.6) is 11.5 Å². The van der Waals surface area contributed by atoms with Gasteiger partial charge in [0.05, 0.1) is 14.2 Å². The molecule has 76 valence electrons. The molecule has 0 spiro atoms. The van der Waals surface area contributed by atoms with E-state index in [0.29, 0.717) is 11.5 Å². The number of carbonyl (C=O) groups is 1. The number of hydrogen-bond acceptors (Lipinski definition) is 3. The summed E-state index contributed by atoms with van der Waals surface area (Å²) in [5.41, 5.74) is 0.928. The molecule has 0 N–H and O–H groups in total. The van der Waals surface area contributed by atoms with Gasteiger partial charge in [-0.25, -0.2) is 0 Å². The third kappa shape index (κ3) is 2.05. The highest BCUT2D eigenvalue weighted by molar-refractivity contribution is 5.62. The minimum Gasteiger partial charge on any atom is -0.493 e. The molecule has 1 aromatic rings. The van der Waals surface area contributed by atoms with Gasteiger partial charge in [-0.3, -0.25) is 0 Å². The number of methoxy groups -OCH3 is 2. The van der Waals surface area contributed by atoms with Gasteiger partial charge in [0.1, 0.15) is 6.29 Å². The van der Waals surface area contributed by atoms with Crippen molar-refractivity contribution in [1.29, 1.82) is 0 Å². The summed E-state index contributed by atoms with van der Waals surface area (Å²) in [5.74, 6) is 1.21. The van der Waals surface area contributed by atoms with Crippen LogP contribution in [0.3, 0.4) is 0 Å². The van der Waals surface area contributed by atoms with Crippen LogP contribution in [0.4, 0.5) is 0 Å². The number of aldehydes is 1.